The third kappa shape index (κ3) is 4.37. The van der Waals surface area contributed by atoms with Crippen LogP contribution in [-0.4, -0.2) is 29.8 Å². The fourth-order valence-corrected chi connectivity index (χ4v) is 1.83. The van der Waals surface area contributed by atoms with Gasteiger partial charge in [-0.15, -0.1) is 0 Å². The number of rotatable bonds is 5. The lowest BCUT2D eigenvalue weighted by Gasteiger charge is -2.11. The zero-order chi connectivity index (χ0) is 16.8. The molecule has 0 aliphatic heterocycles. The van der Waals surface area contributed by atoms with E-state index >= 15 is 0 Å². The number of benzene rings is 1. The highest BCUT2D eigenvalue weighted by molar-refractivity contribution is 5.89. The topological polar surface area (TPSA) is 75.2 Å². The number of hydrogen-bond acceptors (Lipinski definition) is 4. The Morgan fingerprint density at radius 2 is 2.13 bits per heavy atom. The fourth-order valence-electron chi connectivity index (χ4n) is 1.83. The molecular weight excluding hydrogens is 295 g/mol. The first kappa shape index (κ1) is 16.6. The molecule has 0 atom stereocenters. The molecule has 0 bridgehead atoms. The summed E-state index contributed by atoms with van der Waals surface area (Å²) in [5.41, 5.74) is 7.80. The van der Waals surface area contributed by atoms with Gasteiger partial charge in [0.1, 0.15) is 17.4 Å². The van der Waals surface area contributed by atoms with Gasteiger partial charge in [-0.25, -0.2) is 4.39 Å². The van der Waals surface area contributed by atoms with Gasteiger partial charge in [-0.1, -0.05) is 6.07 Å². The third-order valence-electron chi connectivity index (χ3n) is 3.18. The predicted octanol–water partition coefficient (Wildman–Crippen LogP) is 2.78. The summed E-state index contributed by atoms with van der Waals surface area (Å²) in [6.45, 7) is 0.412. The average molecular weight is 314 g/mol. The van der Waals surface area contributed by atoms with Crippen molar-refractivity contribution in [2.75, 3.05) is 14.1 Å². The van der Waals surface area contributed by atoms with Crippen molar-refractivity contribution in [2.45, 2.75) is 6.54 Å². The molecule has 1 heterocycles. The van der Waals surface area contributed by atoms with Gasteiger partial charge < -0.3 is 15.4 Å². The Morgan fingerprint density at radius 3 is 2.74 bits per heavy atom. The standard InChI is InChI=1S/C17H19FN4O/c1-22(2)17(20)7-8-23-16-9-13(18)4-5-14(16)15-6-3-12(10-19)11-21-15/h3-9,11,20H,10,19H2,1-2H3/b8-7+,20-17?. The number of ether oxygens (including phenoxy) is 1. The monoisotopic (exact) mass is 314 g/mol. The van der Waals surface area contributed by atoms with Crippen LogP contribution in [0.1, 0.15) is 5.56 Å². The van der Waals surface area contributed by atoms with Crippen LogP contribution < -0.4 is 10.5 Å². The molecule has 0 aliphatic carbocycles. The molecule has 120 valence electrons. The van der Waals surface area contributed by atoms with E-state index in [4.69, 9.17) is 15.9 Å². The van der Waals surface area contributed by atoms with E-state index in [-0.39, 0.29) is 5.84 Å². The number of hydrogen-bond donors (Lipinski definition) is 2. The van der Waals surface area contributed by atoms with Crippen LogP contribution in [0.2, 0.25) is 0 Å². The Labute approximate surface area is 134 Å². The molecule has 0 aliphatic rings. The van der Waals surface area contributed by atoms with Gasteiger partial charge in [0.15, 0.2) is 0 Å². The second-order valence-electron chi connectivity index (χ2n) is 5.10. The minimum atomic E-state index is -0.404. The van der Waals surface area contributed by atoms with Gasteiger partial charge >= 0.3 is 0 Å². The molecule has 6 heteroatoms. The Kier molecular flexibility index (Phi) is 5.43. The molecule has 0 unspecified atom stereocenters. The smallest absolute Gasteiger partial charge is 0.138 e. The van der Waals surface area contributed by atoms with Crippen molar-refractivity contribution in [1.82, 2.24) is 9.88 Å². The van der Waals surface area contributed by atoms with Crippen molar-refractivity contribution >= 4 is 5.84 Å². The van der Waals surface area contributed by atoms with Crippen LogP contribution in [0, 0.1) is 11.2 Å². The lowest BCUT2D eigenvalue weighted by molar-refractivity contribution is 0.476. The maximum absolute atomic E-state index is 13.5. The molecule has 3 N–H and O–H groups in total. The highest BCUT2D eigenvalue weighted by Crippen LogP contribution is 2.29. The first-order valence-electron chi connectivity index (χ1n) is 7.05. The summed E-state index contributed by atoms with van der Waals surface area (Å²) in [4.78, 5) is 5.95. The minimum Gasteiger partial charge on any atom is -0.464 e. The Hall–Kier alpha value is -2.73. The molecule has 23 heavy (non-hydrogen) atoms. The Balaban J connectivity index is 2.28. The maximum atomic E-state index is 13.5. The molecule has 1 aromatic carbocycles. The van der Waals surface area contributed by atoms with Gasteiger partial charge in [-0.05, 0) is 23.8 Å². The molecule has 0 saturated carbocycles. The summed E-state index contributed by atoms with van der Waals surface area (Å²) in [5.74, 6) is 0.201. The number of aromatic nitrogens is 1. The van der Waals surface area contributed by atoms with Crippen LogP contribution >= 0.6 is 0 Å². The Morgan fingerprint density at radius 1 is 1.35 bits per heavy atom. The first-order chi connectivity index (χ1) is 11.0. The van der Waals surface area contributed by atoms with Gasteiger partial charge in [0.2, 0.25) is 0 Å². The molecule has 2 rings (SSSR count). The molecule has 2 aromatic rings. The number of halogens is 1. The normalized spacial score (nSPS) is 10.8. The van der Waals surface area contributed by atoms with Gasteiger partial charge in [0, 0.05) is 44.5 Å². The summed E-state index contributed by atoms with van der Waals surface area (Å²) in [6, 6.07) is 7.94. The van der Waals surface area contributed by atoms with Crippen LogP contribution in [0.25, 0.3) is 11.3 Å². The summed E-state index contributed by atoms with van der Waals surface area (Å²) in [7, 11) is 3.51. The number of nitrogens with one attached hydrogen (secondary N) is 1. The number of nitrogens with zero attached hydrogens (tertiary/aromatic N) is 2. The summed E-state index contributed by atoms with van der Waals surface area (Å²) in [5, 5.41) is 7.67. The van der Waals surface area contributed by atoms with Crippen molar-refractivity contribution < 1.29 is 9.13 Å². The van der Waals surface area contributed by atoms with E-state index in [9.17, 15) is 4.39 Å². The number of nitrogens with two attached hydrogens (primary N) is 1. The van der Waals surface area contributed by atoms with E-state index in [0.717, 1.165) is 5.56 Å². The van der Waals surface area contributed by atoms with Crippen LogP contribution in [-0.2, 0) is 6.54 Å². The number of likely N-dealkylation sites (N-methyl/N-ethyl adjacent to an activating group) is 1. The predicted molar refractivity (Wildman–Crippen MR) is 88.7 cm³/mol. The minimum absolute atomic E-state index is 0.272. The maximum Gasteiger partial charge on any atom is 0.138 e. The third-order valence-corrected chi connectivity index (χ3v) is 3.18. The van der Waals surface area contributed by atoms with Gasteiger partial charge in [0.25, 0.3) is 0 Å². The van der Waals surface area contributed by atoms with Crippen LogP contribution in [0.5, 0.6) is 5.75 Å². The summed E-state index contributed by atoms with van der Waals surface area (Å²) < 4.78 is 19.0. The van der Waals surface area contributed by atoms with Crippen molar-refractivity contribution in [3.63, 3.8) is 0 Å². The summed E-state index contributed by atoms with van der Waals surface area (Å²) >= 11 is 0. The molecule has 0 amide bonds. The zero-order valence-corrected chi connectivity index (χ0v) is 13.1. The second kappa shape index (κ2) is 7.51. The van der Waals surface area contributed by atoms with Crippen molar-refractivity contribution in [2.24, 2.45) is 5.73 Å². The number of amidine groups is 1. The quantitative estimate of drug-likeness (QED) is 0.505. The van der Waals surface area contributed by atoms with E-state index in [0.29, 0.717) is 23.6 Å². The lowest BCUT2D eigenvalue weighted by Crippen LogP contribution is -2.18. The van der Waals surface area contributed by atoms with Crippen LogP contribution in [0.4, 0.5) is 4.39 Å². The first-order valence-corrected chi connectivity index (χ1v) is 7.05. The largest absolute Gasteiger partial charge is 0.464 e. The van der Waals surface area contributed by atoms with Gasteiger partial charge in [-0.2, -0.15) is 0 Å². The molecule has 0 fully saturated rings. The van der Waals surface area contributed by atoms with E-state index in [1.165, 1.54) is 24.5 Å². The van der Waals surface area contributed by atoms with E-state index in [1.807, 2.05) is 12.1 Å². The highest BCUT2D eigenvalue weighted by Gasteiger charge is 2.09. The molecular formula is C17H19FN4O. The molecule has 0 spiro atoms. The van der Waals surface area contributed by atoms with Crippen LogP contribution in [0.15, 0.2) is 48.9 Å². The van der Waals surface area contributed by atoms with E-state index in [1.54, 1.807) is 31.3 Å². The molecule has 1 aromatic heterocycles. The second-order valence-corrected chi connectivity index (χ2v) is 5.10. The highest BCUT2D eigenvalue weighted by atomic mass is 19.1. The van der Waals surface area contributed by atoms with Crippen molar-refractivity contribution in [3.8, 4) is 17.0 Å². The van der Waals surface area contributed by atoms with E-state index < -0.39 is 5.82 Å². The average Bonchev–Trinajstić information content (AvgIpc) is 2.55. The van der Waals surface area contributed by atoms with Crippen LogP contribution in [0.3, 0.4) is 0 Å². The zero-order valence-electron chi connectivity index (χ0n) is 13.1. The lowest BCUT2D eigenvalue weighted by atomic mass is 10.1. The molecule has 5 nitrogen and oxygen atoms in total. The summed E-state index contributed by atoms with van der Waals surface area (Å²) in [6.07, 6.45) is 4.52. The van der Waals surface area contributed by atoms with Crippen molar-refractivity contribution in [3.05, 3.63) is 60.2 Å². The van der Waals surface area contributed by atoms with Gasteiger partial charge in [-0.3, -0.25) is 10.4 Å². The fraction of sp³-hybridized carbons (Fsp3) is 0.176. The molecule has 0 radical (unpaired) electrons. The van der Waals surface area contributed by atoms with Gasteiger partial charge in [0.05, 0.1) is 12.0 Å². The SMILES string of the molecule is CN(C)C(=N)/C=C/Oc1cc(F)ccc1-c1ccc(CN)cn1. The molecule has 0 saturated heterocycles. The Bertz CT molecular complexity index is 711. The number of pyridine rings is 1. The van der Waals surface area contributed by atoms with E-state index in [2.05, 4.69) is 4.98 Å². The van der Waals surface area contributed by atoms with Crippen molar-refractivity contribution in [1.29, 1.82) is 5.41 Å².